The average Bonchev–Trinajstić information content (AvgIpc) is 2.95. The molecule has 2 heteroatoms. The summed E-state index contributed by atoms with van der Waals surface area (Å²) in [6.45, 7) is 3.92. The van der Waals surface area contributed by atoms with Gasteiger partial charge < -0.3 is 10.4 Å². The monoisotopic (exact) mass is 191 g/mol. The molecule has 1 fully saturated rings. The summed E-state index contributed by atoms with van der Waals surface area (Å²) >= 11 is 0. The third-order valence-electron chi connectivity index (χ3n) is 2.68. The molecule has 1 aliphatic carbocycles. The molecule has 1 aliphatic rings. The van der Waals surface area contributed by atoms with Gasteiger partial charge in [0, 0.05) is 12.1 Å². The molecule has 76 valence electrons. The summed E-state index contributed by atoms with van der Waals surface area (Å²) in [6, 6.07) is 5.73. The highest BCUT2D eigenvalue weighted by atomic mass is 16.3. The van der Waals surface area contributed by atoms with Crippen molar-refractivity contribution in [1.29, 1.82) is 0 Å². The van der Waals surface area contributed by atoms with Crippen LogP contribution in [0.15, 0.2) is 18.2 Å². The highest BCUT2D eigenvalue weighted by Gasteiger charge is 2.20. The maximum Gasteiger partial charge on any atom is 0.120 e. The fourth-order valence-electron chi connectivity index (χ4n) is 1.59. The molecule has 0 amide bonds. The normalized spacial score (nSPS) is 15.8. The first-order chi connectivity index (χ1) is 6.75. The van der Waals surface area contributed by atoms with Crippen molar-refractivity contribution in [2.24, 2.45) is 5.92 Å². The van der Waals surface area contributed by atoms with Crippen LogP contribution in [-0.2, 0) is 6.54 Å². The lowest BCUT2D eigenvalue weighted by atomic mass is 10.1. The molecular weight excluding hydrogens is 174 g/mol. The van der Waals surface area contributed by atoms with Gasteiger partial charge in [0.25, 0.3) is 0 Å². The number of aryl methyl sites for hydroxylation is 1. The van der Waals surface area contributed by atoms with Crippen molar-refractivity contribution in [1.82, 2.24) is 5.32 Å². The molecule has 1 aromatic rings. The van der Waals surface area contributed by atoms with Gasteiger partial charge in [-0.2, -0.15) is 0 Å². The third-order valence-corrected chi connectivity index (χ3v) is 2.68. The van der Waals surface area contributed by atoms with E-state index < -0.39 is 0 Å². The minimum atomic E-state index is 0.402. The van der Waals surface area contributed by atoms with Gasteiger partial charge >= 0.3 is 0 Å². The van der Waals surface area contributed by atoms with Crippen molar-refractivity contribution < 1.29 is 5.11 Å². The molecule has 0 spiro atoms. The van der Waals surface area contributed by atoms with Gasteiger partial charge in [-0.25, -0.2) is 0 Å². The summed E-state index contributed by atoms with van der Waals surface area (Å²) in [5.74, 6) is 1.29. The van der Waals surface area contributed by atoms with Gasteiger partial charge in [-0.3, -0.25) is 0 Å². The van der Waals surface area contributed by atoms with Gasteiger partial charge in [-0.05, 0) is 38.3 Å². The highest BCUT2D eigenvalue weighted by Crippen LogP contribution is 2.27. The number of aromatic hydroxyl groups is 1. The predicted octanol–water partition coefficient (Wildman–Crippen LogP) is 2.20. The summed E-state index contributed by atoms with van der Waals surface area (Å²) in [5, 5.41) is 12.9. The van der Waals surface area contributed by atoms with Crippen LogP contribution in [0.5, 0.6) is 5.75 Å². The topological polar surface area (TPSA) is 32.3 Å². The van der Waals surface area contributed by atoms with Crippen LogP contribution in [0.4, 0.5) is 0 Å². The van der Waals surface area contributed by atoms with Crippen LogP contribution in [0, 0.1) is 12.8 Å². The van der Waals surface area contributed by atoms with Crippen LogP contribution in [0.2, 0.25) is 0 Å². The summed E-state index contributed by atoms with van der Waals surface area (Å²) in [5.41, 5.74) is 2.21. The second-order valence-corrected chi connectivity index (χ2v) is 4.21. The molecule has 0 atom stereocenters. The van der Waals surface area contributed by atoms with Gasteiger partial charge in [0.05, 0.1) is 0 Å². The number of phenolic OH excluding ortho intramolecular Hbond substituents is 1. The number of hydrogen-bond acceptors (Lipinski definition) is 2. The van der Waals surface area contributed by atoms with Crippen LogP contribution in [0.3, 0.4) is 0 Å². The second-order valence-electron chi connectivity index (χ2n) is 4.21. The maximum atomic E-state index is 9.58. The molecule has 2 rings (SSSR count). The zero-order chi connectivity index (χ0) is 9.97. The molecule has 0 radical (unpaired) electrons. The van der Waals surface area contributed by atoms with Crippen LogP contribution in [-0.4, -0.2) is 11.7 Å². The lowest BCUT2D eigenvalue weighted by molar-refractivity contribution is 0.463. The summed E-state index contributed by atoms with van der Waals surface area (Å²) < 4.78 is 0. The summed E-state index contributed by atoms with van der Waals surface area (Å²) in [7, 11) is 0. The molecule has 2 N–H and O–H groups in total. The molecule has 0 unspecified atom stereocenters. The van der Waals surface area contributed by atoms with Gasteiger partial charge in [-0.1, -0.05) is 17.7 Å². The Hall–Kier alpha value is -1.02. The highest BCUT2D eigenvalue weighted by molar-refractivity contribution is 5.35. The molecule has 14 heavy (non-hydrogen) atoms. The van der Waals surface area contributed by atoms with Gasteiger partial charge in [0.1, 0.15) is 5.75 Å². The van der Waals surface area contributed by atoms with E-state index in [0.717, 1.165) is 24.6 Å². The zero-order valence-electron chi connectivity index (χ0n) is 8.59. The number of hydrogen-bond donors (Lipinski definition) is 2. The first-order valence-corrected chi connectivity index (χ1v) is 5.25. The zero-order valence-corrected chi connectivity index (χ0v) is 8.59. The van der Waals surface area contributed by atoms with E-state index in [9.17, 15) is 5.11 Å². The molecule has 1 aromatic carbocycles. The Labute approximate surface area is 85.0 Å². The second kappa shape index (κ2) is 4.01. The first-order valence-electron chi connectivity index (χ1n) is 5.25. The van der Waals surface area contributed by atoms with Crippen molar-refractivity contribution in [3.8, 4) is 5.75 Å². The van der Waals surface area contributed by atoms with Gasteiger partial charge in [-0.15, -0.1) is 0 Å². The first kappa shape index (κ1) is 9.53. The van der Waals surface area contributed by atoms with Crippen molar-refractivity contribution in [3.63, 3.8) is 0 Å². The van der Waals surface area contributed by atoms with Crippen LogP contribution < -0.4 is 5.32 Å². The largest absolute Gasteiger partial charge is 0.508 e. The lowest BCUT2D eigenvalue weighted by Crippen LogP contribution is -2.16. The lowest BCUT2D eigenvalue weighted by Gasteiger charge is -2.06. The molecule has 0 heterocycles. The quantitative estimate of drug-likeness (QED) is 0.764. The third kappa shape index (κ3) is 2.48. The predicted molar refractivity (Wildman–Crippen MR) is 57.3 cm³/mol. The van der Waals surface area contributed by atoms with E-state index in [1.54, 1.807) is 6.07 Å². The van der Waals surface area contributed by atoms with Crippen LogP contribution in [0.25, 0.3) is 0 Å². The summed E-state index contributed by atoms with van der Waals surface area (Å²) in [4.78, 5) is 0. The van der Waals surface area contributed by atoms with Crippen molar-refractivity contribution >= 4 is 0 Å². The number of phenols is 1. The van der Waals surface area contributed by atoms with E-state index in [-0.39, 0.29) is 0 Å². The van der Waals surface area contributed by atoms with E-state index in [1.807, 2.05) is 19.1 Å². The van der Waals surface area contributed by atoms with Crippen molar-refractivity contribution in [2.75, 3.05) is 6.54 Å². The molecular formula is C12H17NO. The Morgan fingerprint density at radius 3 is 2.93 bits per heavy atom. The Balaban J connectivity index is 1.89. The minimum absolute atomic E-state index is 0.402. The van der Waals surface area contributed by atoms with E-state index in [0.29, 0.717) is 5.75 Å². The Morgan fingerprint density at radius 1 is 1.43 bits per heavy atom. The molecule has 0 bridgehead atoms. The molecule has 0 saturated heterocycles. The van der Waals surface area contributed by atoms with Gasteiger partial charge in [0.2, 0.25) is 0 Å². The van der Waals surface area contributed by atoms with Crippen LogP contribution in [0.1, 0.15) is 24.0 Å². The molecule has 1 saturated carbocycles. The van der Waals surface area contributed by atoms with E-state index >= 15 is 0 Å². The molecule has 0 aromatic heterocycles. The van der Waals surface area contributed by atoms with Gasteiger partial charge in [0.15, 0.2) is 0 Å². The fraction of sp³-hybridized carbons (Fsp3) is 0.500. The fourth-order valence-corrected chi connectivity index (χ4v) is 1.59. The molecule has 2 nitrogen and oxygen atoms in total. The van der Waals surface area contributed by atoms with Crippen molar-refractivity contribution in [3.05, 3.63) is 29.3 Å². The van der Waals surface area contributed by atoms with E-state index in [4.69, 9.17) is 0 Å². The van der Waals surface area contributed by atoms with Crippen molar-refractivity contribution in [2.45, 2.75) is 26.3 Å². The van der Waals surface area contributed by atoms with E-state index in [1.165, 1.54) is 18.4 Å². The SMILES string of the molecule is Cc1ccc(O)c(CNCC2CC2)c1. The minimum Gasteiger partial charge on any atom is -0.508 e. The average molecular weight is 191 g/mol. The molecule has 0 aliphatic heterocycles. The maximum absolute atomic E-state index is 9.58. The Bertz CT molecular complexity index is 318. The van der Waals surface area contributed by atoms with Crippen LogP contribution >= 0.6 is 0 Å². The summed E-state index contributed by atoms with van der Waals surface area (Å²) in [6.07, 6.45) is 2.74. The number of nitrogens with one attached hydrogen (secondary N) is 1. The standard InChI is InChI=1S/C12H17NO/c1-9-2-5-12(14)11(6-9)8-13-7-10-3-4-10/h2,5-6,10,13-14H,3-4,7-8H2,1H3. The Kier molecular flexibility index (Phi) is 2.73. The smallest absolute Gasteiger partial charge is 0.120 e. The Morgan fingerprint density at radius 2 is 2.21 bits per heavy atom. The number of rotatable bonds is 4. The number of benzene rings is 1. The van der Waals surface area contributed by atoms with E-state index in [2.05, 4.69) is 5.32 Å².